The normalized spacial score (nSPS) is 20.3. The number of hydrogen-bond acceptors (Lipinski definition) is 3. The van der Waals surface area contributed by atoms with Gasteiger partial charge in [-0.2, -0.15) is 0 Å². The number of hydrazine groups is 1. The van der Waals surface area contributed by atoms with Crippen LogP contribution in [0.5, 0.6) is 0 Å². The Morgan fingerprint density at radius 2 is 2.00 bits per heavy atom. The minimum absolute atomic E-state index is 0.0404. The van der Waals surface area contributed by atoms with Crippen molar-refractivity contribution in [3.63, 3.8) is 0 Å². The van der Waals surface area contributed by atoms with Crippen molar-refractivity contribution in [1.82, 2.24) is 5.43 Å². The topological polar surface area (TPSA) is 44.7 Å². The standard InChI is InChI=1S/C11H13N3O/c1-8-3-5-10(6-4-8)14-11(15)9(2)12-7-13-14/h3-7,9H,1-2H3,(H,12,13). The van der Waals surface area contributed by atoms with Crippen LogP contribution in [0, 0.1) is 6.92 Å². The van der Waals surface area contributed by atoms with E-state index in [1.165, 1.54) is 10.6 Å². The van der Waals surface area contributed by atoms with Gasteiger partial charge in [0.15, 0.2) is 0 Å². The third kappa shape index (κ3) is 1.83. The van der Waals surface area contributed by atoms with E-state index in [0.29, 0.717) is 0 Å². The molecule has 15 heavy (non-hydrogen) atoms. The van der Waals surface area contributed by atoms with E-state index in [1.807, 2.05) is 31.2 Å². The molecule has 1 aliphatic heterocycles. The molecule has 0 radical (unpaired) electrons. The number of anilines is 1. The third-order valence-electron chi connectivity index (χ3n) is 2.35. The van der Waals surface area contributed by atoms with Gasteiger partial charge in [-0.25, -0.2) is 5.01 Å². The van der Waals surface area contributed by atoms with Crippen molar-refractivity contribution in [2.75, 3.05) is 5.01 Å². The van der Waals surface area contributed by atoms with Gasteiger partial charge in [0.2, 0.25) is 0 Å². The van der Waals surface area contributed by atoms with Gasteiger partial charge in [0.05, 0.1) is 5.69 Å². The van der Waals surface area contributed by atoms with Crippen molar-refractivity contribution >= 4 is 17.9 Å². The van der Waals surface area contributed by atoms with Crippen LogP contribution in [0.25, 0.3) is 0 Å². The van der Waals surface area contributed by atoms with Crippen LogP contribution in [-0.2, 0) is 4.79 Å². The summed E-state index contributed by atoms with van der Waals surface area (Å²) in [5.74, 6) is -0.0404. The Kier molecular flexibility index (Phi) is 2.41. The second-order valence-electron chi connectivity index (χ2n) is 3.59. The number of rotatable bonds is 1. The molecule has 0 bridgehead atoms. The number of aryl methyl sites for hydroxylation is 1. The van der Waals surface area contributed by atoms with E-state index in [9.17, 15) is 4.79 Å². The molecule has 2 rings (SSSR count). The summed E-state index contributed by atoms with van der Waals surface area (Å²) in [7, 11) is 0. The number of aliphatic imine (C=N–C) groups is 1. The van der Waals surface area contributed by atoms with Crippen molar-refractivity contribution in [2.45, 2.75) is 19.9 Å². The third-order valence-corrected chi connectivity index (χ3v) is 2.35. The highest BCUT2D eigenvalue weighted by Gasteiger charge is 2.23. The number of nitrogens with one attached hydrogen (secondary N) is 1. The Balaban J connectivity index is 2.28. The lowest BCUT2D eigenvalue weighted by Crippen LogP contribution is -2.50. The first kappa shape index (κ1) is 9.71. The average Bonchev–Trinajstić information content (AvgIpc) is 2.24. The van der Waals surface area contributed by atoms with E-state index >= 15 is 0 Å². The zero-order chi connectivity index (χ0) is 10.8. The number of carbonyl (C=O) groups excluding carboxylic acids is 1. The molecule has 1 unspecified atom stereocenters. The second kappa shape index (κ2) is 3.73. The van der Waals surface area contributed by atoms with Crippen molar-refractivity contribution in [3.8, 4) is 0 Å². The summed E-state index contributed by atoms with van der Waals surface area (Å²) < 4.78 is 0. The fraction of sp³-hybridized carbons (Fsp3) is 0.273. The van der Waals surface area contributed by atoms with Gasteiger partial charge in [0, 0.05) is 0 Å². The zero-order valence-corrected chi connectivity index (χ0v) is 8.77. The molecule has 1 heterocycles. The van der Waals surface area contributed by atoms with Crippen molar-refractivity contribution in [1.29, 1.82) is 0 Å². The van der Waals surface area contributed by atoms with Crippen LogP contribution in [0.3, 0.4) is 0 Å². The highest BCUT2D eigenvalue weighted by Crippen LogP contribution is 2.15. The predicted molar refractivity (Wildman–Crippen MR) is 59.8 cm³/mol. The van der Waals surface area contributed by atoms with Gasteiger partial charge in [-0.05, 0) is 26.0 Å². The predicted octanol–water partition coefficient (Wildman–Crippen LogP) is 1.26. The van der Waals surface area contributed by atoms with Gasteiger partial charge in [-0.1, -0.05) is 17.7 Å². The minimum atomic E-state index is -0.312. The van der Waals surface area contributed by atoms with Crippen LogP contribution in [0.2, 0.25) is 0 Å². The maximum absolute atomic E-state index is 11.8. The lowest BCUT2D eigenvalue weighted by atomic mass is 10.2. The quantitative estimate of drug-likeness (QED) is 0.746. The van der Waals surface area contributed by atoms with Crippen molar-refractivity contribution in [2.24, 2.45) is 4.99 Å². The molecule has 1 atom stereocenters. The number of hydrogen-bond donors (Lipinski definition) is 1. The molecule has 1 aromatic rings. The van der Waals surface area contributed by atoms with Crippen LogP contribution < -0.4 is 10.4 Å². The smallest absolute Gasteiger partial charge is 0.270 e. The molecule has 0 aliphatic carbocycles. The van der Waals surface area contributed by atoms with Gasteiger partial charge < -0.3 is 0 Å². The van der Waals surface area contributed by atoms with Gasteiger partial charge in [0.25, 0.3) is 5.91 Å². The first-order valence-corrected chi connectivity index (χ1v) is 4.87. The van der Waals surface area contributed by atoms with E-state index in [4.69, 9.17) is 0 Å². The molecule has 4 heteroatoms. The first-order valence-electron chi connectivity index (χ1n) is 4.87. The monoisotopic (exact) mass is 203 g/mol. The van der Waals surface area contributed by atoms with Crippen LogP contribution >= 0.6 is 0 Å². The fourth-order valence-corrected chi connectivity index (χ4v) is 1.41. The molecular formula is C11H13N3O. The zero-order valence-electron chi connectivity index (χ0n) is 8.77. The maximum atomic E-state index is 11.8. The summed E-state index contributed by atoms with van der Waals surface area (Å²) in [5, 5.41) is 1.51. The van der Waals surface area contributed by atoms with E-state index in [2.05, 4.69) is 10.4 Å². The lowest BCUT2D eigenvalue weighted by molar-refractivity contribution is -0.120. The van der Waals surface area contributed by atoms with Gasteiger partial charge in [-0.15, -0.1) is 0 Å². The Labute approximate surface area is 88.6 Å². The lowest BCUT2D eigenvalue weighted by Gasteiger charge is -2.27. The molecule has 0 saturated carbocycles. The number of amides is 1. The Bertz CT molecular complexity index is 397. The molecular weight excluding hydrogens is 190 g/mol. The summed E-state index contributed by atoms with van der Waals surface area (Å²) in [4.78, 5) is 15.7. The SMILES string of the molecule is Cc1ccc(N2NC=NC(C)C2=O)cc1. The number of carbonyl (C=O) groups is 1. The van der Waals surface area contributed by atoms with E-state index < -0.39 is 0 Å². The van der Waals surface area contributed by atoms with Gasteiger partial charge >= 0.3 is 0 Å². The minimum Gasteiger partial charge on any atom is -0.281 e. The summed E-state index contributed by atoms with van der Waals surface area (Å²) in [6, 6.07) is 7.45. The Morgan fingerprint density at radius 1 is 1.33 bits per heavy atom. The summed E-state index contributed by atoms with van der Waals surface area (Å²) in [6.07, 6.45) is 1.55. The van der Waals surface area contributed by atoms with Crippen molar-refractivity contribution < 1.29 is 4.79 Å². The highest BCUT2D eigenvalue weighted by atomic mass is 16.2. The van der Waals surface area contributed by atoms with Crippen molar-refractivity contribution in [3.05, 3.63) is 29.8 Å². The maximum Gasteiger partial charge on any atom is 0.270 e. The van der Waals surface area contributed by atoms with Crippen LogP contribution in [0.1, 0.15) is 12.5 Å². The molecule has 0 spiro atoms. The van der Waals surface area contributed by atoms with Crippen LogP contribution in [0.15, 0.2) is 29.3 Å². The Morgan fingerprint density at radius 3 is 2.67 bits per heavy atom. The average molecular weight is 203 g/mol. The molecule has 0 saturated heterocycles. The molecule has 1 aromatic carbocycles. The van der Waals surface area contributed by atoms with E-state index in [1.54, 1.807) is 13.3 Å². The van der Waals surface area contributed by atoms with Gasteiger partial charge in [0.1, 0.15) is 12.4 Å². The molecule has 1 aliphatic rings. The molecule has 0 fully saturated rings. The molecule has 4 nitrogen and oxygen atoms in total. The van der Waals surface area contributed by atoms with Crippen LogP contribution in [-0.4, -0.2) is 18.3 Å². The number of nitrogens with zero attached hydrogens (tertiary/aromatic N) is 2. The molecule has 1 N–H and O–H groups in total. The highest BCUT2D eigenvalue weighted by molar-refractivity contribution is 6.00. The summed E-state index contributed by atoms with van der Waals surface area (Å²) in [6.45, 7) is 3.79. The van der Waals surface area contributed by atoms with Crippen LogP contribution in [0.4, 0.5) is 5.69 Å². The first-order chi connectivity index (χ1) is 7.18. The number of benzene rings is 1. The molecule has 78 valence electrons. The summed E-state index contributed by atoms with van der Waals surface area (Å²) in [5.41, 5.74) is 4.84. The molecule has 0 aromatic heterocycles. The second-order valence-corrected chi connectivity index (χ2v) is 3.59. The Hall–Kier alpha value is -1.84. The van der Waals surface area contributed by atoms with Gasteiger partial charge in [-0.3, -0.25) is 15.2 Å². The molecule has 1 amide bonds. The van der Waals surface area contributed by atoms with E-state index in [-0.39, 0.29) is 11.9 Å². The summed E-state index contributed by atoms with van der Waals surface area (Å²) >= 11 is 0. The van der Waals surface area contributed by atoms with E-state index in [0.717, 1.165) is 5.69 Å². The fourth-order valence-electron chi connectivity index (χ4n) is 1.41. The largest absolute Gasteiger partial charge is 0.281 e.